The molecule has 1 aromatic heterocycles. The van der Waals surface area contributed by atoms with Crippen molar-refractivity contribution in [2.24, 2.45) is 11.8 Å². The van der Waals surface area contributed by atoms with E-state index in [0.717, 1.165) is 0 Å². The van der Waals surface area contributed by atoms with Crippen LogP contribution in [0.1, 0.15) is 43.2 Å². The highest BCUT2D eigenvalue weighted by Gasteiger charge is 2.16. The summed E-state index contributed by atoms with van der Waals surface area (Å²) >= 11 is 1.23. The predicted molar refractivity (Wildman–Crippen MR) is 82.6 cm³/mol. The van der Waals surface area contributed by atoms with Crippen LogP contribution in [0.4, 0.5) is 4.79 Å². The van der Waals surface area contributed by atoms with Gasteiger partial charge in [-0.3, -0.25) is 0 Å². The molecule has 0 unspecified atom stereocenters. The molecule has 6 nitrogen and oxygen atoms in total. The van der Waals surface area contributed by atoms with E-state index in [2.05, 4.69) is 38.0 Å². The summed E-state index contributed by atoms with van der Waals surface area (Å²) in [5, 5.41) is 13.7. The lowest BCUT2D eigenvalue weighted by atomic mass is 10.1. The summed E-state index contributed by atoms with van der Waals surface area (Å²) in [6.45, 7) is 9.93. The Balaban J connectivity index is 2.57. The van der Waals surface area contributed by atoms with Crippen LogP contribution < -0.4 is 5.32 Å². The number of nitrogens with zero attached hydrogens (tertiary/aromatic N) is 2. The molecular weight excluding hydrogens is 290 g/mol. The number of thiazole rings is 1. The Hall–Kier alpha value is -1.63. The van der Waals surface area contributed by atoms with Crippen molar-refractivity contribution >= 4 is 23.3 Å². The number of carboxylic acids is 1. The fourth-order valence-electron chi connectivity index (χ4n) is 1.88. The van der Waals surface area contributed by atoms with Gasteiger partial charge >= 0.3 is 12.0 Å². The van der Waals surface area contributed by atoms with Gasteiger partial charge in [0.15, 0.2) is 5.69 Å². The SMILES string of the molecule is CC(C)CN(CC(C)C)C(=O)NCc1nc(C(=O)O)cs1. The smallest absolute Gasteiger partial charge is 0.355 e. The molecule has 1 heterocycles. The van der Waals surface area contributed by atoms with Gasteiger partial charge in [0, 0.05) is 18.5 Å². The minimum Gasteiger partial charge on any atom is -0.476 e. The Morgan fingerprint density at radius 3 is 2.29 bits per heavy atom. The third-order valence-corrected chi connectivity index (χ3v) is 3.47. The summed E-state index contributed by atoms with van der Waals surface area (Å²) in [5.41, 5.74) is 0.0189. The van der Waals surface area contributed by atoms with E-state index in [1.807, 2.05) is 0 Å². The number of carbonyl (C=O) groups excluding carboxylic acids is 1. The van der Waals surface area contributed by atoms with Gasteiger partial charge in [-0.15, -0.1) is 11.3 Å². The lowest BCUT2D eigenvalue weighted by Gasteiger charge is -2.26. The summed E-state index contributed by atoms with van der Waals surface area (Å²) in [6.07, 6.45) is 0. The molecule has 2 N–H and O–H groups in total. The van der Waals surface area contributed by atoms with Crippen LogP contribution in [0.2, 0.25) is 0 Å². The molecule has 2 amide bonds. The largest absolute Gasteiger partial charge is 0.476 e. The first kappa shape index (κ1) is 17.4. The minimum atomic E-state index is -1.05. The number of hydrogen-bond donors (Lipinski definition) is 2. The summed E-state index contributed by atoms with van der Waals surface area (Å²) in [5.74, 6) is -0.258. The molecule has 1 rings (SSSR count). The topological polar surface area (TPSA) is 82.5 Å². The van der Waals surface area contributed by atoms with Crippen molar-refractivity contribution in [3.8, 4) is 0 Å². The number of amides is 2. The lowest BCUT2D eigenvalue weighted by molar-refractivity contribution is 0.0691. The van der Waals surface area contributed by atoms with Crippen LogP contribution in [0, 0.1) is 11.8 Å². The summed E-state index contributed by atoms with van der Waals surface area (Å²) in [6, 6.07) is -0.135. The standard InChI is InChI=1S/C14H23N3O3S/c1-9(2)6-17(7-10(3)4)14(20)15-5-12-16-11(8-21-12)13(18)19/h8-10H,5-7H2,1-4H3,(H,15,20)(H,18,19). The summed E-state index contributed by atoms with van der Waals surface area (Å²) < 4.78 is 0. The molecule has 0 aliphatic carbocycles. The second-order valence-electron chi connectivity index (χ2n) is 5.78. The highest BCUT2D eigenvalue weighted by molar-refractivity contribution is 7.09. The number of rotatable bonds is 7. The van der Waals surface area contributed by atoms with Crippen molar-refractivity contribution < 1.29 is 14.7 Å². The van der Waals surface area contributed by atoms with Gasteiger partial charge in [-0.1, -0.05) is 27.7 Å². The second-order valence-corrected chi connectivity index (χ2v) is 6.73. The molecule has 118 valence electrons. The van der Waals surface area contributed by atoms with Crippen molar-refractivity contribution in [2.45, 2.75) is 34.2 Å². The maximum absolute atomic E-state index is 12.2. The van der Waals surface area contributed by atoms with Crippen molar-refractivity contribution in [1.82, 2.24) is 15.2 Å². The van der Waals surface area contributed by atoms with Gasteiger partial charge in [-0.25, -0.2) is 14.6 Å². The van der Waals surface area contributed by atoms with Gasteiger partial charge in [-0.05, 0) is 11.8 Å². The molecule has 0 spiro atoms. The second kappa shape index (κ2) is 7.97. The molecule has 1 aromatic rings. The van der Waals surface area contributed by atoms with E-state index in [9.17, 15) is 9.59 Å². The Morgan fingerprint density at radius 2 is 1.86 bits per heavy atom. The van der Waals surface area contributed by atoms with Crippen LogP contribution in [-0.4, -0.2) is 40.1 Å². The quantitative estimate of drug-likeness (QED) is 0.810. The van der Waals surface area contributed by atoms with Crippen molar-refractivity contribution in [2.75, 3.05) is 13.1 Å². The fourth-order valence-corrected chi connectivity index (χ4v) is 2.58. The molecule has 0 aliphatic heterocycles. The summed E-state index contributed by atoms with van der Waals surface area (Å²) in [7, 11) is 0. The molecule has 0 fully saturated rings. The molecule has 0 bridgehead atoms. The van der Waals surface area contributed by atoms with Crippen LogP contribution in [0.25, 0.3) is 0 Å². The highest BCUT2D eigenvalue weighted by Crippen LogP contribution is 2.10. The molecule has 0 saturated carbocycles. The molecule has 7 heteroatoms. The van der Waals surface area contributed by atoms with E-state index in [-0.39, 0.29) is 18.3 Å². The van der Waals surface area contributed by atoms with E-state index < -0.39 is 5.97 Å². The first-order valence-electron chi connectivity index (χ1n) is 7.00. The van der Waals surface area contributed by atoms with E-state index in [1.165, 1.54) is 16.7 Å². The Morgan fingerprint density at radius 1 is 1.29 bits per heavy atom. The molecule has 0 aliphatic rings. The van der Waals surface area contributed by atoms with E-state index in [0.29, 0.717) is 29.9 Å². The third-order valence-electron chi connectivity index (χ3n) is 2.62. The summed E-state index contributed by atoms with van der Waals surface area (Å²) in [4.78, 5) is 28.7. The van der Waals surface area contributed by atoms with Crippen LogP contribution in [0.3, 0.4) is 0 Å². The van der Waals surface area contributed by atoms with Crippen molar-refractivity contribution in [3.63, 3.8) is 0 Å². The van der Waals surface area contributed by atoms with Crippen molar-refractivity contribution in [1.29, 1.82) is 0 Å². The normalized spacial score (nSPS) is 11.0. The monoisotopic (exact) mass is 313 g/mol. The third kappa shape index (κ3) is 6.12. The van der Waals surface area contributed by atoms with Crippen LogP contribution in [-0.2, 0) is 6.54 Å². The Bertz CT molecular complexity index is 476. The minimum absolute atomic E-state index is 0.0189. The lowest BCUT2D eigenvalue weighted by Crippen LogP contribution is -2.43. The van der Waals surface area contributed by atoms with E-state index in [1.54, 1.807) is 4.90 Å². The van der Waals surface area contributed by atoms with Gasteiger partial charge in [0.2, 0.25) is 0 Å². The van der Waals surface area contributed by atoms with E-state index >= 15 is 0 Å². The van der Waals surface area contributed by atoms with Crippen LogP contribution >= 0.6 is 11.3 Å². The number of carboxylic acid groups (broad SMARTS) is 1. The fraction of sp³-hybridized carbons (Fsp3) is 0.643. The van der Waals surface area contributed by atoms with Crippen molar-refractivity contribution in [3.05, 3.63) is 16.1 Å². The predicted octanol–water partition coefficient (Wildman–Crippen LogP) is 2.66. The number of carbonyl (C=O) groups is 2. The Labute approximate surface area is 129 Å². The zero-order valence-electron chi connectivity index (χ0n) is 12.9. The number of aromatic carboxylic acids is 1. The number of nitrogens with one attached hydrogen (secondary N) is 1. The Kier molecular flexibility index (Phi) is 6.61. The number of urea groups is 1. The van der Waals surface area contributed by atoms with Gasteiger partial charge in [0.1, 0.15) is 5.01 Å². The van der Waals surface area contributed by atoms with Crippen LogP contribution in [0.15, 0.2) is 5.38 Å². The first-order chi connectivity index (χ1) is 9.79. The maximum Gasteiger partial charge on any atom is 0.355 e. The van der Waals surface area contributed by atoms with Gasteiger partial charge in [-0.2, -0.15) is 0 Å². The number of aromatic nitrogens is 1. The average molecular weight is 313 g/mol. The van der Waals surface area contributed by atoms with Gasteiger partial charge < -0.3 is 15.3 Å². The van der Waals surface area contributed by atoms with Gasteiger partial charge in [0.25, 0.3) is 0 Å². The first-order valence-corrected chi connectivity index (χ1v) is 7.88. The number of hydrogen-bond acceptors (Lipinski definition) is 4. The maximum atomic E-state index is 12.2. The zero-order chi connectivity index (χ0) is 16.0. The molecule has 0 radical (unpaired) electrons. The highest BCUT2D eigenvalue weighted by atomic mass is 32.1. The van der Waals surface area contributed by atoms with E-state index in [4.69, 9.17) is 5.11 Å². The zero-order valence-corrected chi connectivity index (χ0v) is 13.7. The van der Waals surface area contributed by atoms with Gasteiger partial charge in [0.05, 0.1) is 6.54 Å². The molecule has 21 heavy (non-hydrogen) atoms. The molecule has 0 saturated heterocycles. The molecule has 0 aromatic carbocycles. The molecule has 0 atom stereocenters. The van der Waals surface area contributed by atoms with Crippen LogP contribution in [0.5, 0.6) is 0 Å². The molecular formula is C14H23N3O3S. The average Bonchev–Trinajstić information content (AvgIpc) is 2.82.